The molecule has 0 bridgehead atoms. The Labute approximate surface area is 204 Å². The number of nitrogens with one attached hydrogen (secondary N) is 2. The highest BCUT2D eigenvalue weighted by Crippen LogP contribution is 2.28. The maximum Gasteiger partial charge on any atom is 0.268 e. The second-order valence-electron chi connectivity index (χ2n) is 7.96. The third-order valence-electron chi connectivity index (χ3n) is 5.66. The SMILES string of the molecule is COc1ccc(C(=O)N/C(=C\c2cn(C)c3ccccc23)C(=O)NCc2ccccc2)cc1OC. The lowest BCUT2D eigenvalue weighted by Gasteiger charge is -2.13. The molecule has 0 fully saturated rings. The second kappa shape index (κ2) is 10.6. The molecule has 0 unspecified atom stereocenters. The van der Waals surface area contributed by atoms with E-state index in [1.54, 1.807) is 24.3 Å². The Hall–Kier alpha value is -4.52. The van der Waals surface area contributed by atoms with Crippen LogP contribution < -0.4 is 20.1 Å². The largest absolute Gasteiger partial charge is 0.493 e. The summed E-state index contributed by atoms with van der Waals surface area (Å²) in [4.78, 5) is 26.3. The lowest BCUT2D eigenvalue weighted by molar-refractivity contribution is -0.117. The molecular weight excluding hydrogens is 442 g/mol. The number of benzene rings is 3. The number of methoxy groups -OCH3 is 2. The van der Waals surface area contributed by atoms with E-state index >= 15 is 0 Å². The van der Waals surface area contributed by atoms with Crippen molar-refractivity contribution in [2.75, 3.05) is 14.2 Å². The molecule has 4 rings (SSSR count). The quantitative estimate of drug-likeness (QED) is 0.378. The van der Waals surface area contributed by atoms with Gasteiger partial charge in [0.15, 0.2) is 11.5 Å². The van der Waals surface area contributed by atoms with Crippen molar-refractivity contribution < 1.29 is 19.1 Å². The fraction of sp³-hybridized carbons (Fsp3) is 0.143. The van der Waals surface area contributed by atoms with Gasteiger partial charge in [-0.3, -0.25) is 9.59 Å². The van der Waals surface area contributed by atoms with Crippen LogP contribution >= 0.6 is 0 Å². The molecule has 0 aliphatic carbocycles. The number of nitrogens with zero attached hydrogens (tertiary/aromatic N) is 1. The van der Waals surface area contributed by atoms with E-state index in [9.17, 15) is 9.59 Å². The van der Waals surface area contributed by atoms with Crippen LogP contribution in [0.2, 0.25) is 0 Å². The lowest BCUT2D eigenvalue weighted by Crippen LogP contribution is -2.34. The molecule has 0 saturated heterocycles. The van der Waals surface area contributed by atoms with Gasteiger partial charge in [-0.2, -0.15) is 0 Å². The van der Waals surface area contributed by atoms with Crippen molar-refractivity contribution >= 4 is 28.8 Å². The molecule has 4 aromatic rings. The van der Waals surface area contributed by atoms with Crippen LogP contribution in [0.5, 0.6) is 11.5 Å². The smallest absolute Gasteiger partial charge is 0.268 e. The van der Waals surface area contributed by atoms with Crippen LogP contribution in [0.3, 0.4) is 0 Å². The van der Waals surface area contributed by atoms with Gasteiger partial charge in [-0.25, -0.2) is 0 Å². The number of amides is 2. The van der Waals surface area contributed by atoms with Gasteiger partial charge in [-0.15, -0.1) is 0 Å². The predicted octanol–water partition coefficient (Wildman–Crippen LogP) is 4.28. The summed E-state index contributed by atoms with van der Waals surface area (Å²) in [6.07, 6.45) is 3.62. The number of hydrogen-bond acceptors (Lipinski definition) is 4. The number of para-hydroxylation sites is 1. The zero-order valence-electron chi connectivity index (χ0n) is 19.9. The van der Waals surface area contributed by atoms with Gasteiger partial charge in [0.1, 0.15) is 5.70 Å². The van der Waals surface area contributed by atoms with Crippen LogP contribution in [0.15, 0.2) is 84.7 Å². The Morgan fingerprint density at radius 3 is 2.37 bits per heavy atom. The van der Waals surface area contributed by atoms with E-state index in [-0.39, 0.29) is 5.70 Å². The standard InChI is InChI=1S/C28H27N3O4/c1-31-18-21(22-11-7-8-12-24(22)31)15-23(28(33)29-17-19-9-5-4-6-10-19)30-27(32)20-13-14-25(34-2)26(16-20)35-3/h4-16,18H,17H2,1-3H3,(H,29,33)(H,30,32)/b23-15-. The number of aromatic nitrogens is 1. The molecule has 0 atom stereocenters. The van der Waals surface area contributed by atoms with Crippen molar-refractivity contribution in [3.63, 3.8) is 0 Å². The minimum Gasteiger partial charge on any atom is -0.493 e. The fourth-order valence-electron chi connectivity index (χ4n) is 3.85. The van der Waals surface area contributed by atoms with Crippen molar-refractivity contribution in [2.45, 2.75) is 6.54 Å². The van der Waals surface area contributed by atoms with Crippen molar-refractivity contribution in [1.29, 1.82) is 0 Å². The number of rotatable bonds is 8. The van der Waals surface area contributed by atoms with Crippen molar-refractivity contribution in [1.82, 2.24) is 15.2 Å². The highest BCUT2D eigenvalue weighted by atomic mass is 16.5. The summed E-state index contributed by atoms with van der Waals surface area (Å²) in [7, 11) is 4.97. The van der Waals surface area contributed by atoms with E-state index in [0.29, 0.717) is 23.6 Å². The summed E-state index contributed by atoms with van der Waals surface area (Å²) in [6, 6.07) is 22.3. The summed E-state index contributed by atoms with van der Waals surface area (Å²) in [5.41, 5.74) is 3.27. The van der Waals surface area contributed by atoms with Crippen LogP contribution in [0, 0.1) is 0 Å². The molecule has 0 aliphatic heterocycles. The molecule has 178 valence electrons. The van der Waals surface area contributed by atoms with Crippen LogP contribution in [0.4, 0.5) is 0 Å². The summed E-state index contributed by atoms with van der Waals surface area (Å²) in [5.74, 6) is 0.104. The van der Waals surface area contributed by atoms with Gasteiger partial charge in [-0.1, -0.05) is 48.5 Å². The maximum atomic E-state index is 13.2. The third kappa shape index (κ3) is 5.35. The Morgan fingerprint density at radius 2 is 1.63 bits per heavy atom. The highest BCUT2D eigenvalue weighted by Gasteiger charge is 2.17. The van der Waals surface area contributed by atoms with Crippen LogP contribution in [-0.4, -0.2) is 30.6 Å². The molecule has 0 saturated carbocycles. The molecule has 7 heteroatoms. The average Bonchev–Trinajstić information content (AvgIpc) is 3.22. The van der Waals surface area contributed by atoms with Gasteiger partial charge in [0.05, 0.1) is 14.2 Å². The minimum atomic E-state index is -0.438. The van der Waals surface area contributed by atoms with E-state index in [1.807, 2.05) is 72.4 Å². The van der Waals surface area contributed by atoms with Crippen molar-refractivity contribution in [2.24, 2.45) is 7.05 Å². The van der Waals surface area contributed by atoms with Crippen LogP contribution in [0.1, 0.15) is 21.5 Å². The van der Waals surface area contributed by atoms with Crippen LogP contribution in [-0.2, 0) is 18.4 Å². The summed E-state index contributed by atoms with van der Waals surface area (Å²) in [5, 5.41) is 6.66. The van der Waals surface area contributed by atoms with Gasteiger partial charge < -0.3 is 24.7 Å². The first-order chi connectivity index (χ1) is 17.0. The molecule has 0 radical (unpaired) electrons. The predicted molar refractivity (Wildman–Crippen MR) is 136 cm³/mol. The number of hydrogen-bond donors (Lipinski definition) is 2. The Bertz CT molecular complexity index is 1390. The molecule has 3 aromatic carbocycles. The van der Waals surface area contributed by atoms with E-state index in [4.69, 9.17) is 9.47 Å². The summed E-state index contributed by atoms with van der Waals surface area (Å²) >= 11 is 0. The zero-order valence-corrected chi connectivity index (χ0v) is 19.9. The number of fused-ring (bicyclic) bond motifs is 1. The van der Waals surface area contributed by atoms with E-state index in [0.717, 1.165) is 22.0 Å². The topological polar surface area (TPSA) is 81.6 Å². The highest BCUT2D eigenvalue weighted by molar-refractivity contribution is 6.06. The minimum absolute atomic E-state index is 0.136. The van der Waals surface area contributed by atoms with Gasteiger partial charge in [0.2, 0.25) is 0 Å². The molecular formula is C28H27N3O4. The molecule has 0 spiro atoms. The molecule has 1 aromatic heterocycles. The first kappa shape index (κ1) is 23.6. The fourth-order valence-corrected chi connectivity index (χ4v) is 3.85. The molecule has 35 heavy (non-hydrogen) atoms. The van der Waals surface area contributed by atoms with Gasteiger partial charge in [-0.05, 0) is 35.9 Å². The van der Waals surface area contributed by atoms with Crippen LogP contribution in [0.25, 0.3) is 17.0 Å². The molecule has 0 aliphatic rings. The van der Waals surface area contributed by atoms with Crippen molar-refractivity contribution in [3.05, 3.63) is 101 Å². The third-order valence-corrected chi connectivity index (χ3v) is 5.66. The molecule has 2 N–H and O–H groups in total. The summed E-state index contributed by atoms with van der Waals surface area (Å²) in [6.45, 7) is 0.332. The average molecular weight is 470 g/mol. The number of carbonyl (C=O) groups is 2. The van der Waals surface area contributed by atoms with E-state index in [1.165, 1.54) is 14.2 Å². The zero-order chi connectivity index (χ0) is 24.8. The monoisotopic (exact) mass is 469 g/mol. The maximum absolute atomic E-state index is 13.2. The van der Waals surface area contributed by atoms with Crippen molar-refractivity contribution in [3.8, 4) is 11.5 Å². The van der Waals surface area contributed by atoms with E-state index < -0.39 is 11.8 Å². The Morgan fingerprint density at radius 1 is 0.914 bits per heavy atom. The lowest BCUT2D eigenvalue weighted by atomic mass is 10.1. The van der Waals surface area contributed by atoms with Gasteiger partial charge in [0, 0.05) is 41.8 Å². The number of aryl methyl sites for hydroxylation is 1. The van der Waals surface area contributed by atoms with Gasteiger partial charge in [0.25, 0.3) is 11.8 Å². The Balaban J connectivity index is 1.66. The normalized spacial score (nSPS) is 11.2. The number of carbonyl (C=O) groups excluding carboxylic acids is 2. The first-order valence-electron chi connectivity index (χ1n) is 11.1. The summed E-state index contributed by atoms with van der Waals surface area (Å²) < 4.78 is 12.5. The van der Waals surface area contributed by atoms with E-state index in [2.05, 4.69) is 10.6 Å². The second-order valence-corrected chi connectivity index (χ2v) is 7.96. The Kier molecular flexibility index (Phi) is 7.16. The molecule has 1 heterocycles. The number of ether oxygens (including phenoxy) is 2. The molecule has 7 nitrogen and oxygen atoms in total. The molecule has 2 amide bonds. The van der Waals surface area contributed by atoms with Gasteiger partial charge >= 0.3 is 0 Å². The first-order valence-corrected chi connectivity index (χ1v) is 11.1.